The molecule has 128 valence electrons. The zero-order valence-corrected chi connectivity index (χ0v) is 14.3. The fourth-order valence-electron chi connectivity index (χ4n) is 2.72. The van der Waals surface area contributed by atoms with Crippen molar-refractivity contribution in [3.8, 4) is 5.75 Å². The standard InChI is InChI=1S/C20H25NO3/c1-3-13-21(15-16-9-7-8-12-18(16)22)19(23)14-20(2,24)17-10-5-4-6-11-17/h4-12,22,24H,3,13-15H2,1-2H3. The van der Waals surface area contributed by atoms with Gasteiger partial charge in [-0.3, -0.25) is 4.79 Å². The molecule has 2 N–H and O–H groups in total. The predicted molar refractivity (Wildman–Crippen MR) is 94.4 cm³/mol. The van der Waals surface area contributed by atoms with E-state index in [0.29, 0.717) is 18.7 Å². The summed E-state index contributed by atoms with van der Waals surface area (Å²) >= 11 is 0. The van der Waals surface area contributed by atoms with Crippen LogP contribution in [0.4, 0.5) is 0 Å². The van der Waals surface area contributed by atoms with E-state index in [1.54, 1.807) is 30.0 Å². The summed E-state index contributed by atoms with van der Waals surface area (Å²) in [5.74, 6) is 0.0511. The van der Waals surface area contributed by atoms with Gasteiger partial charge in [0, 0.05) is 18.7 Å². The molecule has 0 aliphatic heterocycles. The van der Waals surface area contributed by atoms with E-state index >= 15 is 0 Å². The van der Waals surface area contributed by atoms with Gasteiger partial charge in [0.05, 0.1) is 12.0 Å². The molecule has 0 bridgehead atoms. The van der Waals surface area contributed by atoms with Crippen molar-refractivity contribution >= 4 is 5.91 Å². The smallest absolute Gasteiger partial charge is 0.226 e. The molecule has 0 radical (unpaired) electrons. The van der Waals surface area contributed by atoms with Gasteiger partial charge in [-0.2, -0.15) is 0 Å². The Morgan fingerprint density at radius 1 is 1.08 bits per heavy atom. The van der Waals surface area contributed by atoms with E-state index in [1.807, 2.05) is 43.3 Å². The van der Waals surface area contributed by atoms with Crippen molar-refractivity contribution in [2.24, 2.45) is 0 Å². The van der Waals surface area contributed by atoms with Crippen molar-refractivity contribution < 1.29 is 15.0 Å². The zero-order chi connectivity index (χ0) is 17.6. The van der Waals surface area contributed by atoms with Crippen LogP contribution in [0, 0.1) is 0 Å². The lowest BCUT2D eigenvalue weighted by molar-refractivity contribution is -0.137. The number of amides is 1. The second-order valence-electron chi connectivity index (χ2n) is 6.26. The molecule has 2 aromatic rings. The van der Waals surface area contributed by atoms with Gasteiger partial charge in [-0.15, -0.1) is 0 Å². The molecule has 0 spiro atoms. The lowest BCUT2D eigenvalue weighted by Gasteiger charge is -2.28. The van der Waals surface area contributed by atoms with Crippen LogP contribution in [0.2, 0.25) is 0 Å². The van der Waals surface area contributed by atoms with Crippen LogP contribution in [0.5, 0.6) is 5.75 Å². The van der Waals surface area contributed by atoms with E-state index in [-0.39, 0.29) is 18.1 Å². The second-order valence-corrected chi connectivity index (χ2v) is 6.26. The highest BCUT2D eigenvalue weighted by Crippen LogP contribution is 2.26. The molecule has 1 amide bonds. The molecule has 0 aromatic heterocycles. The molecule has 0 aliphatic carbocycles. The van der Waals surface area contributed by atoms with Gasteiger partial charge in [0.1, 0.15) is 5.75 Å². The first kappa shape index (κ1) is 18.0. The Morgan fingerprint density at radius 2 is 1.71 bits per heavy atom. The zero-order valence-electron chi connectivity index (χ0n) is 14.3. The molecule has 0 heterocycles. The maximum Gasteiger partial charge on any atom is 0.226 e. The van der Waals surface area contributed by atoms with Gasteiger partial charge in [0.2, 0.25) is 5.91 Å². The summed E-state index contributed by atoms with van der Waals surface area (Å²) in [6, 6.07) is 16.2. The van der Waals surface area contributed by atoms with E-state index in [1.165, 1.54) is 0 Å². The third-order valence-electron chi connectivity index (χ3n) is 4.09. The molecule has 24 heavy (non-hydrogen) atoms. The van der Waals surface area contributed by atoms with E-state index in [9.17, 15) is 15.0 Å². The van der Waals surface area contributed by atoms with E-state index in [2.05, 4.69) is 0 Å². The molecule has 2 aromatic carbocycles. The number of aromatic hydroxyl groups is 1. The van der Waals surface area contributed by atoms with Crippen LogP contribution >= 0.6 is 0 Å². The van der Waals surface area contributed by atoms with Crippen LogP contribution < -0.4 is 0 Å². The summed E-state index contributed by atoms with van der Waals surface area (Å²) in [5, 5.41) is 20.6. The van der Waals surface area contributed by atoms with Crippen molar-refractivity contribution in [2.75, 3.05) is 6.54 Å². The van der Waals surface area contributed by atoms with Gasteiger partial charge < -0.3 is 15.1 Å². The Balaban J connectivity index is 2.13. The number of hydrogen-bond donors (Lipinski definition) is 2. The number of phenolic OH excluding ortho intramolecular Hbond substituents is 1. The summed E-state index contributed by atoms with van der Waals surface area (Å²) in [5.41, 5.74) is 0.208. The maximum absolute atomic E-state index is 12.7. The monoisotopic (exact) mass is 327 g/mol. The summed E-state index contributed by atoms with van der Waals surface area (Å²) in [6.07, 6.45) is 0.817. The van der Waals surface area contributed by atoms with Gasteiger partial charge in [-0.1, -0.05) is 55.5 Å². The van der Waals surface area contributed by atoms with Crippen molar-refractivity contribution in [2.45, 2.75) is 38.8 Å². The van der Waals surface area contributed by atoms with E-state index in [0.717, 1.165) is 12.0 Å². The van der Waals surface area contributed by atoms with Crippen LogP contribution in [0.1, 0.15) is 37.8 Å². The molecule has 1 unspecified atom stereocenters. The molecule has 4 heteroatoms. The SMILES string of the molecule is CCCN(Cc1ccccc1O)C(=O)CC(C)(O)c1ccccc1. The summed E-state index contributed by atoms with van der Waals surface area (Å²) in [6.45, 7) is 4.58. The van der Waals surface area contributed by atoms with Crippen molar-refractivity contribution in [3.63, 3.8) is 0 Å². The molecule has 0 saturated carbocycles. The highest BCUT2D eigenvalue weighted by Gasteiger charge is 2.29. The fourth-order valence-corrected chi connectivity index (χ4v) is 2.72. The van der Waals surface area contributed by atoms with Gasteiger partial charge in [-0.05, 0) is 25.0 Å². The average molecular weight is 327 g/mol. The first-order valence-corrected chi connectivity index (χ1v) is 8.26. The van der Waals surface area contributed by atoms with Crippen LogP contribution in [0.3, 0.4) is 0 Å². The van der Waals surface area contributed by atoms with Gasteiger partial charge >= 0.3 is 0 Å². The van der Waals surface area contributed by atoms with Crippen LogP contribution in [0.15, 0.2) is 54.6 Å². The topological polar surface area (TPSA) is 60.8 Å². The molecule has 4 nitrogen and oxygen atoms in total. The van der Waals surface area contributed by atoms with Gasteiger partial charge in [0.15, 0.2) is 0 Å². The molecular weight excluding hydrogens is 302 g/mol. The molecule has 0 aliphatic rings. The van der Waals surface area contributed by atoms with Crippen LogP contribution in [-0.2, 0) is 16.9 Å². The number of phenols is 1. The van der Waals surface area contributed by atoms with E-state index < -0.39 is 5.60 Å². The lowest BCUT2D eigenvalue weighted by atomic mass is 9.92. The predicted octanol–water partition coefficient (Wildman–Crippen LogP) is 3.43. The first-order valence-electron chi connectivity index (χ1n) is 8.26. The molecule has 2 rings (SSSR count). The Labute approximate surface area is 143 Å². The Kier molecular flexibility index (Phi) is 5.99. The van der Waals surface area contributed by atoms with Gasteiger partial charge in [0.25, 0.3) is 0 Å². The quantitative estimate of drug-likeness (QED) is 0.819. The normalized spacial score (nSPS) is 13.3. The van der Waals surface area contributed by atoms with Crippen LogP contribution in [0.25, 0.3) is 0 Å². The number of hydrogen-bond acceptors (Lipinski definition) is 3. The third kappa shape index (κ3) is 4.59. The number of nitrogens with zero attached hydrogens (tertiary/aromatic N) is 1. The number of rotatable bonds is 7. The molecular formula is C20H25NO3. The summed E-state index contributed by atoms with van der Waals surface area (Å²) in [7, 11) is 0. The number of aliphatic hydroxyl groups is 1. The van der Waals surface area contributed by atoms with Gasteiger partial charge in [-0.25, -0.2) is 0 Å². The maximum atomic E-state index is 12.7. The first-order chi connectivity index (χ1) is 11.4. The fraction of sp³-hybridized carbons (Fsp3) is 0.350. The highest BCUT2D eigenvalue weighted by atomic mass is 16.3. The third-order valence-corrected chi connectivity index (χ3v) is 4.09. The summed E-state index contributed by atoms with van der Waals surface area (Å²) in [4.78, 5) is 14.4. The Morgan fingerprint density at radius 3 is 2.33 bits per heavy atom. The van der Waals surface area contributed by atoms with Crippen molar-refractivity contribution in [1.82, 2.24) is 4.90 Å². The minimum absolute atomic E-state index is 0.00457. The van der Waals surface area contributed by atoms with Crippen LogP contribution in [-0.4, -0.2) is 27.6 Å². The second kappa shape index (κ2) is 7.97. The Bertz CT molecular complexity index is 668. The lowest BCUT2D eigenvalue weighted by Crippen LogP contribution is -2.36. The minimum Gasteiger partial charge on any atom is -0.508 e. The highest BCUT2D eigenvalue weighted by molar-refractivity contribution is 5.77. The molecule has 0 fully saturated rings. The number of para-hydroxylation sites is 1. The minimum atomic E-state index is -1.22. The number of carbonyl (C=O) groups excluding carboxylic acids is 1. The molecule has 0 saturated heterocycles. The number of benzene rings is 2. The molecule has 1 atom stereocenters. The Hall–Kier alpha value is -2.33. The number of carbonyl (C=O) groups is 1. The summed E-state index contributed by atoms with van der Waals surface area (Å²) < 4.78 is 0. The average Bonchev–Trinajstić information content (AvgIpc) is 2.56. The van der Waals surface area contributed by atoms with Crippen molar-refractivity contribution in [1.29, 1.82) is 0 Å². The van der Waals surface area contributed by atoms with E-state index in [4.69, 9.17) is 0 Å². The van der Waals surface area contributed by atoms with Crippen molar-refractivity contribution in [3.05, 3.63) is 65.7 Å². The largest absolute Gasteiger partial charge is 0.508 e.